The molecule has 0 fully saturated rings. The molecule has 0 unspecified atom stereocenters. The number of ether oxygens (including phenoxy) is 1. The number of hydrogen-bond acceptors (Lipinski definition) is 4. The normalized spacial score (nSPS) is 10.3. The van der Waals surface area contributed by atoms with Crippen molar-refractivity contribution in [1.29, 1.82) is 0 Å². The zero-order valence-corrected chi connectivity index (χ0v) is 18.0. The van der Waals surface area contributed by atoms with Crippen molar-refractivity contribution in [3.8, 4) is 0 Å². The molecule has 0 aliphatic carbocycles. The molecule has 148 valence electrons. The molecule has 28 heavy (non-hydrogen) atoms. The quantitative estimate of drug-likeness (QED) is 0.540. The lowest BCUT2D eigenvalue weighted by Crippen LogP contribution is -2.22. The monoisotopic (exact) mass is 486 g/mol. The summed E-state index contributed by atoms with van der Waals surface area (Å²) in [5.74, 6) is -1.49. The fourth-order valence-corrected chi connectivity index (χ4v) is 2.88. The number of esters is 1. The third-order valence-corrected chi connectivity index (χ3v) is 5.29. The molecule has 0 aromatic heterocycles. The Hall–Kier alpha value is -2.09. The molecule has 0 saturated heterocycles. The number of carbonyl (C=O) groups is 3. The van der Waals surface area contributed by atoms with Gasteiger partial charge in [0.1, 0.15) is 0 Å². The van der Waals surface area contributed by atoms with Crippen LogP contribution in [0.5, 0.6) is 0 Å². The van der Waals surface area contributed by atoms with Crippen LogP contribution in [0.3, 0.4) is 0 Å². The number of anilines is 2. The summed E-state index contributed by atoms with van der Waals surface area (Å²) in [5.41, 5.74) is 1.79. The molecule has 0 aliphatic rings. The molecule has 2 aromatic carbocycles. The van der Waals surface area contributed by atoms with Gasteiger partial charge in [0, 0.05) is 27.3 Å². The third kappa shape index (κ3) is 6.82. The molecular weight excluding hydrogens is 471 g/mol. The minimum absolute atomic E-state index is 0.0650. The molecule has 2 aromatic rings. The largest absolute Gasteiger partial charge is 0.456 e. The SMILES string of the molecule is Cc1c(NC(=O)COC(=O)CCC(=O)Nc2ccc(Cl)cc2)ccc(Br)c1Cl. The van der Waals surface area contributed by atoms with E-state index in [2.05, 4.69) is 26.6 Å². The summed E-state index contributed by atoms with van der Waals surface area (Å²) in [4.78, 5) is 35.5. The lowest BCUT2D eigenvalue weighted by atomic mass is 10.2. The van der Waals surface area contributed by atoms with Crippen LogP contribution in [0.1, 0.15) is 18.4 Å². The predicted molar refractivity (Wildman–Crippen MR) is 113 cm³/mol. The lowest BCUT2D eigenvalue weighted by Gasteiger charge is -2.11. The van der Waals surface area contributed by atoms with Crippen molar-refractivity contribution in [3.05, 3.63) is 56.5 Å². The van der Waals surface area contributed by atoms with Crippen LogP contribution >= 0.6 is 39.1 Å². The van der Waals surface area contributed by atoms with E-state index in [0.29, 0.717) is 31.5 Å². The van der Waals surface area contributed by atoms with E-state index in [1.807, 2.05) is 0 Å². The lowest BCUT2D eigenvalue weighted by molar-refractivity contribution is -0.147. The van der Waals surface area contributed by atoms with Gasteiger partial charge in [-0.2, -0.15) is 0 Å². The first-order chi connectivity index (χ1) is 13.3. The standard InChI is InChI=1S/C19H17BrCl2N2O4/c1-11-15(7-6-14(20)19(11)22)24-17(26)10-28-18(27)9-8-16(25)23-13-4-2-12(21)3-5-13/h2-7H,8-10H2,1H3,(H,23,25)(H,24,26). The predicted octanol–water partition coefficient (Wildman–Crippen LogP) is 4.96. The number of carbonyl (C=O) groups excluding carboxylic acids is 3. The molecule has 0 saturated carbocycles. The van der Waals surface area contributed by atoms with Crippen molar-refractivity contribution in [1.82, 2.24) is 0 Å². The van der Waals surface area contributed by atoms with Gasteiger partial charge in [-0.25, -0.2) is 0 Å². The molecular formula is C19H17BrCl2N2O4. The highest BCUT2D eigenvalue weighted by Crippen LogP contribution is 2.30. The van der Waals surface area contributed by atoms with Crippen LogP contribution in [0, 0.1) is 6.92 Å². The average Bonchev–Trinajstić information content (AvgIpc) is 2.67. The molecule has 6 nitrogen and oxygen atoms in total. The summed E-state index contributed by atoms with van der Waals surface area (Å²) in [6.07, 6.45) is -0.208. The van der Waals surface area contributed by atoms with Crippen molar-refractivity contribution < 1.29 is 19.1 Å². The van der Waals surface area contributed by atoms with Gasteiger partial charge < -0.3 is 15.4 Å². The van der Waals surface area contributed by atoms with E-state index in [1.54, 1.807) is 43.3 Å². The molecule has 0 heterocycles. The van der Waals surface area contributed by atoms with Gasteiger partial charge in [0.15, 0.2) is 6.61 Å². The fourth-order valence-electron chi connectivity index (χ4n) is 2.16. The second-order valence-corrected chi connectivity index (χ2v) is 7.47. The zero-order valence-electron chi connectivity index (χ0n) is 14.9. The van der Waals surface area contributed by atoms with Gasteiger partial charge in [0.2, 0.25) is 5.91 Å². The van der Waals surface area contributed by atoms with Gasteiger partial charge in [-0.15, -0.1) is 0 Å². The number of amides is 2. The summed E-state index contributed by atoms with van der Waals surface area (Å²) in [6, 6.07) is 9.98. The molecule has 0 bridgehead atoms. The van der Waals surface area contributed by atoms with Crippen LogP contribution in [-0.4, -0.2) is 24.4 Å². The molecule has 0 aliphatic heterocycles. The Balaban J connectivity index is 1.73. The van der Waals surface area contributed by atoms with Gasteiger partial charge in [-0.1, -0.05) is 23.2 Å². The second-order valence-electron chi connectivity index (χ2n) is 5.80. The van der Waals surface area contributed by atoms with Crippen molar-refractivity contribution in [2.45, 2.75) is 19.8 Å². The van der Waals surface area contributed by atoms with Crippen LogP contribution < -0.4 is 10.6 Å². The highest BCUT2D eigenvalue weighted by molar-refractivity contribution is 9.10. The maximum absolute atomic E-state index is 11.9. The van der Waals surface area contributed by atoms with Gasteiger partial charge in [-0.3, -0.25) is 14.4 Å². The van der Waals surface area contributed by atoms with Crippen LogP contribution in [0.15, 0.2) is 40.9 Å². The summed E-state index contributed by atoms with van der Waals surface area (Å²) in [5, 5.41) is 6.30. The van der Waals surface area contributed by atoms with Crippen LogP contribution in [0.25, 0.3) is 0 Å². The summed E-state index contributed by atoms with van der Waals surface area (Å²) in [7, 11) is 0. The van der Waals surface area contributed by atoms with Crippen LogP contribution in [-0.2, 0) is 19.1 Å². The molecule has 0 spiro atoms. The van der Waals surface area contributed by atoms with Crippen molar-refractivity contribution in [2.24, 2.45) is 0 Å². The summed E-state index contributed by atoms with van der Waals surface area (Å²) < 4.78 is 5.61. The Morgan fingerprint density at radius 2 is 1.64 bits per heavy atom. The van der Waals surface area contributed by atoms with Crippen molar-refractivity contribution in [2.75, 3.05) is 17.2 Å². The first-order valence-corrected chi connectivity index (χ1v) is 9.76. The Kier molecular flexibility index (Phi) is 8.29. The summed E-state index contributed by atoms with van der Waals surface area (Å²) >= 11 is 15.2. The minimum Gasteiger partial charge on any atom is -0.456 e. The minimum atomic E-state index is -0.646. The number of nitrogens with one attached hydrogen (secondary N) is 2. The number of halogens is 3. The fraction of sp³-hybridized carbons (Fsp3) is 0.211. The molecule has 2 rings (SSSR count). The molecule has 2 amide bonds. The smallest absolute Gasteiger partial charge is 0.306 e. The van der Waals surface area contributed by atoms with Gasteiger partial charge in [0.25, 0.3) is 5.91 Å². The Morgan fingerprint density at radius 1 is 0.964 bits per heavy atom. The van der Waals surface area contributed by atoms with Crippen molar-refractivity contribution >= 4 is 68.3 Å². The summed E-state index contributed by atoms with van der Waals surface area (Å²) in [6.45, 7) is 1.30. The highest BCUT2D eigenvalue weighted by Gasteiger charge is 2.13. The number of rotatable bonds is 7. The van der Waals surface area contributed by atoms with Gasteiger partial charge in [-0.05, 0) is 64.8 Å². The molecule has 0 atom stereocenters. The third-order valence-electron chi connectivity index (χ3n) is 3.66. The molecule has 9 heteroatoms. The Bertz CT molecular complexity index is 888. The maximum atomic E-state index is 11.9. The first kappa shape index (κ1) is 22.2. The topological polar surface area (TPSA) is 84.5 Å². The Morgan fingerprint density at radius 3 is 2.32 bits per heavy atom. The maximum Gasteiger partial charge on any atom is 0.306 e. The van der Waals surface area contributed by atoms with E-state index >= 15 is 0 Å². The molecule has 0 radical (unpaired) electrons. The van der Waals surface area contributed by atoms with Crippen molar-refractivity contribution in [3.63, 3.8) is 0 Å². The van der Waals surface area contributed by atoms with E-state index in [-0.39, 0.29) is 18.7 Å². The van der Waals surface area contributed by atoms with E-state index in [4.69, 9.17) is 27.9 Å². The second kappa shape index (κ2) is 10.5. The average molecular weight is 488 g/mol. The first-order valence-electron chi connectivity index (χ1n) is 8.21. The number of benzene rings is 2. The van der Waals surface area contributed by atoms with E-state index in [0.717, 1.165) is 0 Å². The van der Waals surface area contributed by atoms with Gasteiger partial charge >= 0.3 is 5.97 Å². The molecule has 2 N–H and O–H groups in total. The van der Waals surface area contributed by atoms with E-state index in [9.17, 15) is 14.4 Å². The van der Waals surface area contributed by atoms with Gasteiger partial charge in [0.05, 0.1) is 11.4 Å². The number of hydrogen-bond donors (Lipinski definition) is 2. The Labute approximate surface area is 180 Å². The van der Waals surface area contributed by atoms with E-state index < -0.39 is 18.5 Å². The van der Waals surface area contributed by atoms with Crippen LogP contribution in [0.2, 0.25) is 10.0 Å². The van der Waals surface area contributed by atoms with Crippen LogP contribution in [0.4, 0.5) is 11.4 Å². The zero-order chi connectivity index (χ0) is 20.7. The van der Waals surface area contributed by atoms with E-state index in [1.165, 1.54) is 0 Å². The highest BCUT2D eigenvalue weighted by atomic mass is 79.9.